The first-order valence-electron chi connectivity index (χ1n) is 6.98. The Balaban J connectivity index is 4.25. The van der Waals surface area contributed by atoms with E-state index in [0.29, 0.717) is 18.9 Å². The van der Waals surface area contributed by atoms with Crippen molar-refractivity contribution in [2.24, 2.45) is 17.1 Å². The van der Waals surface area contributed by atoms with Gasteiger partial charge in [0.15, 0.2) is 0 Å². The molecule has 120 valence electrons. The SMILES string of the molecule is CN(CCC(F)(F)F)C(=O)CCC(CCN)C(C)(C)C. The summed E-state index contributed by atoms with van der Waals surface area (Å²) in [5.41, 5.74) is 5.61. The Bertz CT molecular complexity index is 298. The van der Waals surface area contributed by atoms with Crippen molar-refractivity contribution in [1.82, 2.24) is 4.90 Å². The topological polar surface area (TPSA) is 46.3 Å². The molecule has 1 atom stereocenters. The Kier molecular flexibility index (Phi) is 7.55. The fourth-order valence-corrected chi connectivity index (χ4v) is 2.12. The number of rotatable bonds is 7. The number of alkyl halides is 3. The first-order valence-corrected chi connectivity index (χ1v) is 6.98. The van der Waals surface area contributed by atoms with Gasteiger partial charge in [0.1, 0.15) is 0 Å². The molecule has 0 heterocycles. The first kappa shape index (κ1) is 19.2. The van der Waals surface area contributed by atoms with Gasteiger partial charge in [-0.2, -0.15) is 13.2 Å². The van der Waals surface area contributed by atoms with Gasteiger partial charge in [-0.3, -0.25) is 4.79 Å². The largest absolute Gasteiger partial charge is 0.390 e. The van der Waals surface area contributed by atoms with Gasteiger partial charge in [0.25, 0.3) is 0 Å². The molecule has 0 spiro atoms. The van der Waals surface area contributed by atoms with Crippen LogP contribution in [0.4, 0.5) is 13.2 Å². The minimum atomic E-state index is -4.22. The van der Waals surface area contributed by atoms with Gasteiger partial charge in [0, 0.05) is 20.0 Å². The average Bonchev–Trinajstić information content (AvgIpc) is 2.28. The maximum Gasteiger partial charge on any atom is 0.390 e. The monoisotopic (exact) mass is 296 g/mol. The Morgan fingerprint density at radius 3 is 2.15 bits per heavy atom. The average molecular weight is 296 g/mol. The summed E-state index contributed by atoms with van der Waals surface area (Å²) in [4.78, 5) is 13.0. The number of carbonyl (C=O) groups excluding carboxylic acids is 1. The molecule has 0 aromatic heterocycles. The van der Waals surface area contributed by atoms with Crippen LogP contribution in [-0.4, -0.2) is 37.1 Å². The highest BCUT2D eigenvalue weighted by Gasteiger charge is 2.29. The normalized spacial score (nSPS) is 14.2. The minimum absolute atomic E-state index is 0.0458. The maximum atomic E-state index is 12.1. The van der Waals surface area contributed by atoms with Gasteiger partial charge >= 0.3 is 6.18 Å². The Morgan fingerprint density at radius 1 is 1.20 bits per heavy atom. The number of hydrogen-bond acceptors (Lipinski definition) is 2. The van der Waals surface area contributed by atoms with Gasteiger partial charge in [-0.15, -0.1) is 0 Å². The summed E-state index contributed by atoms with van der Waals surface area (Å²) in [5.74, 6) is 0.0630. The number of halogens is 3. The molecule has 1 unspecified atom stereocenters. The highest BCUT2D eigenvalue weighted by Crippen LogP contribution is 2.32. The number of hydrogen-bond donors (Lipinski definition) is 1. The van der Waals surface area contributed by atoms with Crippen LogP contribution in [0.25, 0.3) is 0 Å². The molecule has 0 aliphatic carbocycles. The van der Waals surface area contributed by atoms with E-state index in [1.54, 1.807) is 0 Å². The van der Waals surface area contributed by atoms with Gasteiger partial charge in [-0.1, -0.05) is 20.8 Å². The zero-order valence-electron chi connectivity index (χ0n) is 12.9. The number of nitrogens with two attached hydrogens (primary N) is 1. The van der Waals surface area contributed by atoms with E-state index in [-0.39, 0.29) is 24.3 Å². The van der Waals surface area contributed by atoms with E-state index in [0.717, 1.165) is 11.3 Å². The lowest BCUT2D eigenvalue weighted by Crippen LogP contribution is -2.32. The predicted molar refractivity (Wildman–Crippen MR) is 74.2 cm³/mol. The molecular formula is C14H27F3N2O. The van der Waals surface area contributed by atoms with Crippen molar-refractivity contribution in [3.63, 3.8) is 0 Å². The summed E-state index contributed by atoms with van der Waals surface area (Å²) < 4.78 is 36.3. The van der Waals surface area contributed by atoms with E-state index >= 15 is 0 Å². The highest BCUT2D eigenvalue weighted by molar-refractivity contribution is 5.75. The third-order valence-corrected chi connectivity index (χ3v) is 3.60. The molecule has 0 radical (unpaired) electrons. The van der Waals surface area contributed by atoms with Crippen LogP contribution in [0.1, 0.15) is 46.5 Å². The molecule has 1 amide bonds. The smallest absolute Gasteiger partial charge is 0.345 e. The number of carbonyl (C=O) groups is 1. The van der Waals surface area contributed by atoms with Crippen molar-refractivity contribution in [3.8, 4) is 0 Å². The van der Waals surface area contributed by atoms with E-state index in [2.05, 4.69) is 20.8 Å². The van der Waals surface area contributed by atoms with E-state index in [4.69, 9.17) is 5.73 Å². The molecule has 0 aliphatic heterocycles. The van der Waals surface area contributed by atoms with Crippen LogP contribution < -0.4 is 5.73 Å². The lowest BCUT2D eigenvalue weighted by molar-refractivity contribution is -0.144. The molecule has 0 aliphatic rings. The summed E-state index contributed by atoms with van der Waals surface area (Å²) >= 11 is 0. The number of amides is 1. The van der Waals surface area contributed by atoms with Crippen molar-refractivity contribution in [1.29, 1.82) is 0 Å². The molecule has 0 rings (SSSR count). The maximum absolute atomic E-state index is 12.1. The first-order chi connectivity index (χ1) is 8.97. The molecule has 3 nitrogen and oxygen atoms in total. The molecule has 2 N–H and O–H groups in total. The van der Waals surface area contributed by atoms with Crippen LogP contribution in [0.15, 0.2) is 0 Å². The second-order valence-electron chi connectivity index (χ2n) is 6.36. The lowest BCUT2D eigenvalue weighted by atomic mass is 9.76. The van der Waals surface area contributed by atoms with Crippen LogP contribution in [0, 0.1) is 11.3 Å². The zero-order chi connectivity index (χ0) is 16.0. The van der Waals surface area contributed by atoms with Gasteiger partial charge in [-0.25, -0.2) is 0 Å². The third-order valence-electron chi connectivity index (χ3n) is 3.60. The van der Waals surface area contributed by atoms with Crippen LogP contribution in [-0.2, 0) is 4.79 Å². The highest BCUT2D eigenvalue weighted by atomic mass is 19.4. The van der Waals surface area contributed by atoms with Gasteiger partial charge in [0.05, 0.1) is 6.42 Å². The Hall–Kier alpha value is -0.780. The van der Waals surface area contributed by atoms with E-state index < -0.39 is 12.6 Å². The van der Waals surface area contributed by atoms with Crippen LogP contribution in [0.2, 0.25) is 0 Å². The second-order valence-corrected chi connectivity index (χ2v) is 6.36. The quantitative estimate of drug-likeness (QED) is 0.784. The summed E-state index contributed by atoms with van der Waals surface area (Å²) in [6, 6.07) is 0. The van der Waals surface area contributed by atoms with Gasteiger partial charge in [0.2, 0.25) is 5.91 Å². The molecule has 0 aromatic rings. The lowest BCUT2D eigenvalue weighted by Gasteiger charge is -2.31. The standard InChI is InChI=1S/C14H27F3N2O/c1-13(2,3)11(7-9-18)5-6-12(20)19(4)10-8-14(15,16)17/h11H,5-10,18H2,1-4H3. The molecule has 0 bridgehead atoms. The van der Waals surface area contributed by atoms with Gasteiger partial charge < -0.3 is 10.6 Å². The van der Waals surface area contributed by atoms with E-state index in [9.17, 15) is 18.0 Å². The molecule has 0 fully saturated rings. The van der Waals surface area contributed by atoms with Crippen molar-refractivity contribution < 1.29 is 18.0 Å². The van der Waals surface area contributed by atoms with Crippen molar-refractivity contribution in [3.05, 3.63) is 0 Å². The van der Waals surface area contributed by atoms with Crippen LogP contribution in [0.5, 0.6) is 0 Å². The summed E-state index contributed by atoms with van der Waals surface area (Å²) in [7, 11) is 1.42. The van der Waals surface area contributed by atoms with Crippen molar-refractivity contribution in [2.45, 2.75) is 52.6 Å². The second kappa shape index (κ2) is 7.86. The van der Waals surface area contributed by atoms with E-state index in [1.165, 1.54) is 7.05 Å². The fraction of sp³-hybridized carbons (Fsp3) is 0.929. The zero-order valence-corrected chi connectivity index (χ0v) is 12.9. The molecule has 0 aromatic carbocycles. The summed E-state index contributed by atoms with van der Waals surface area (Å²) in [6.07, 6.45) is -3.42. The minimum Gasteiger partial charge on any atom is -0.345 e. The molecular weight excluding hydrogens is 269 g/mol. The number of nitrogens with zero attached hydrogens (tertiary/aromatic N) is 1. The molecule has 0 saturated carbocycles. The van der Waals surface area contributed by atoms with Crippen molar-refractivity contribution >= 4 is 5.91 Å². The third kappa shape index (κ3) is 8.40. The fourth-order valence-electron chi connectivity index (χ4n) is 2.12. The van der Waals surface area contributed by atoms with Gasteiger partial charge in [-0.05, 0) is 30.7 Å². The van der Waals surface area contributed by atoms with Crippen molar-refractivity contribution in [2.75, 3.05) is 20.1 Å². The Morgan fingerprint density at radius 2 is 1.75 bits per heavy atom. The summed E-state index contributed by atoms with van der Waals surface area (Å²) in [6.45, 7) is 6.54. The molecule has 0 saturated heterocycles. The molecule has 20 heavy (non-hydrogen) atoms. The predicted octanol–water partition coefficient (Wildman–Crippen LogP) is 3.19. The molecule has 6 heteroatoms. The Labute approximate surface area is 119 Å². The summed E-state index contributed by atoms with van der Waals surface area (Å²) in [5, 5.41) is 0. The van der Waals surface area contributed by atoms with Crippen LogP contribution in [0.3, 0.4) is 0 Å². The van der Waals surface area contributed by atoms with E-state index in [1.807, 2.05) is 0 Å². The van der Waals surface area contributed by atoms with Crippen LogP contribution >= 0.6 is 0 Å².